The van der Waals surface area contributed by atoms with Crippen LogP contribution < -0.4 is 0 Å². The molecule has 0 spiro atoms. The first kappa shape index (κ1) is 14.5. The van der Waals surface area contributed by atoms with Gasteiger partial charge in [-0.05, 0) is 32.6 Å². The Balaban J connectivity index is 2.46. The van der Waals surface area contributed by atoms with Crippen LogP contribution in [0, 0.1) is 11.3 Å². The lowest BCUT2D eigenvalue weighted by molar-refractivity contribution is -0.144. The van der Waals surface area contributed by atoms with Gasteiger partial charge in [-0.1, -0.05) is 20.8 Å². The maximum Gasteiger partial charge on any atom is 0.227 e. The predicted molar refractivity (Wildman–Crippen MR) is 79.1 cm³/mol. The monoisotopic (exact) mass is 280 g/mol. The largest absolute Gasteiger partial charge is 0.332 e. The molecule has 3 nitrogen and oxygen atoms in total. The van der Waals surface area contributed by atoms with Gasteiger partial charge in [-0.25, -0.2) is 4.98 Å². The number of rotatable bonds is 0. The zero-order valence-electron chi connectivity index (χ0n) is 12.8. The Labute approximate surface area is 120 Å². The zero-order chi connectivity index (χ0) is 14.4. The van der Waals surface area contributed by atoms with Crippen LogP contribution in [0.1, 0.15) is 52.1 Å². The number of carbonyl (C=O) groups is 1. The van der Waals surface area contributed by atoms with E-state index in [1.165, 1.54) is 4.88 Å². The molecule has 0 bridgehead atoms. The SMILES string of the molecule is CC(C)(C)C1Cc2scnc2CN(C(C)(C)C)C1=O. The van der Waals surface area contributed by atoms with E-state index in [2.05, 4.69) is 46.5 Å². The summed E-state index contributed by atoms with van der Waals surface area (Å²) in [6.07, 6.45) is 0.828. The maximum atomic E-state index is 12.9. The van der Waals surface area contributed by atoms with E-state index in [1.807, 2.05) is 10.4 Å². The third kappa shape index (κ3) is 2.83. The summed E-state index contributed by atoms with van der Waals surface area (Å²) in [7, 11) is 0. The Kier molecular flexibility index (Phi) is 3.50. The third-order valence-electron chi connectivity index (χ3n) is 3.84. The van der Waals surface area contributed by atoms with Crippen molar-refractivity contribution in [3.63, 3.8) is 0 Å². The van der Waals surface area contributed by atoms with Gasteiger partial charge in [0.2, 0.25) is 5.91 Å². The lowest BCUT2D eigenvalue weighted by Gasteiger charge is -2.39. The fourth-order valence-electron chi connectivity index (χ4n) is 2.52. The average molecular weight is 280 g/mol. The van der Waals surface area contributed by atoms with Crippen molar-refractivity contribution in [2.24, 2.45) is 11.3 Å². The minimum Gasteiger partial charge on any atom is -0.332 e. The summed E-state index contributed by atoms with van der Waals surface area (Å²) in [5, 5.41) is 0. The highest BCUT2D eigenvalue weighted by Crippen LogP contribution is 2.37. The minimum absolute atomic E-state index is 0.0216. The van der Waals surface area contributed by atoms with Gasteiger partial charge in [0.15, 0.2) is 0 Å². The van der Waals surface area contributed by atoms with Gasteiger partial charge >= 0.3 is 0 Å². The number of hydrogen-bond acceptors (Lipinski definition) is 3. The van der Waals surface area contributed by atoms with Gasteiger partial charge < -0.3 is 4.90 Å². The van der Waals surface area contributed by atoms with Crippen LogP contribution in [0.4, 0.5) is 0 Å². The molecular weight excluding hydrogens is 256 g/mol. The van der Waals surface area contributed by atoms with E-state index in [-0.39, 0.29) is 22.8 Å². The van der Waals surface area contributed by atoms with Crippen molar-refractivity contribution >= 4 is 17.2 Å². The molecule has 1 unspecified atom stereocenters. The van der Waals surface area contributed by atoms with Crippen LogP contribution in [0.15, 0.2) is 5.51 Å². The van der Waals surface area contributed by atoms with Crippen molar-refractivity contribution in [1.82, 2.24) is 9.88 Å². The molecule has 1 aliphatic rings. The highest BCUT2D eigenvalue weighted by Gasteiger charge is 2.41. The van der Waals surface area contributed by atoms with Crippen molar-refractivity contribution in [1.29, 1.82) is 0 Å². The first-order chi connectivity index (χ1) is 8.60. The summed E-state index contributed by atoms with van der Waals surface area (Å²) in [5.74, 6) is 0.304. The van der Waals surface area contributed by atoms with E-state index in [0.29, 0.717) is 6.54 Å². The topological polar surface area (TPSA) is 33.2 Å². The van der Waals surface area contributed by atoms with Crippen LogP contribution in [-0.4, -0.2) is 21.3 Å². The molecule has 1 atom stereocenters. The standard InChI is InChI=1S/C15H24N2OS/c1-14(2,3)10-7-12-11(16-9-19-12)8-17(13(10)18)15(4,5)6/h9-10H,7-8H2,1-6H3. The Morgan fingerprint density at radius 1 is 1.26 bits per heavy atom. The predicted octanol–water partition coefficient (Wildman–Crippen LogP) is 3.49. The van der Waals surface area contributed by atoms with Crippen LogP contribution in [0.3, 0.4) is 0 Å². The molecule has 0 fully saturated rings. The molecule has 1 aliphatic heterocycles. The molecule has 2 rings (SSSR count). The van der Waals surface area contributed by atoms with Crippen LogP contribution in [0.25, 0.3) is 0 Å². The Morgan fingerprint density at radius 3 is 2.42 bits per heavy atom. The van der Waals surface area contributed by atoms with E-state index < -0.39 is 0 Å². The van der Waals surface area contributed by atoms with Crippen molar-refractivity contribution in [2.75, 3.05) is 0 Å². The highest BCUT2D eigenvalue weighted by atomic mass is 32.1. The van der Waals surface area contributed by atoms with Crippen LogP contribution in [-0.2, 0) is 17.8 Å². The molecule has 0 saturated carbocycles. The molecule has 0 saturated heterocycles. The Hall–Kier alpha value is -0.900. The van der Waals surface area contributed by atoms with Gasteiger partial charge in [0.25, 0.3) is 0 Å². The van der Waals surface area contributed by atoms with Gasteiger partial charge in [-0.2, -0.15) is 0 Å². The van der Waals surface area contributed by atoms with Gasteiger partial charge in [-0.15, -0.1) is 11.3 Å². The fourth-order valence-corrected chi connectivity index (χ4v) is 3.34. The van der Waals surface area contributed by atoms with E-state index >= 15 is 0 Å². The van der Waals surface area contributed by atoms with Crippen molar-refractivity contribution in [2.45, 2.75) is 60.0 Å². The Bertz CT molecular complexity index is 439. The summed E-state index contributed by atoms with van der Waals surface area (Å²) < 4.78 is 0. The first-order valence-corrected chi connectivity index (χ1v) is 7.71. The Morgan fingerprint density at radius 2 is 1.89 bits per heavy atom. The number of aromatic nitrogens is 1. The summed E-state index contributed by atoms with van der Waals surface area (Å²) in [6.45, 7) is 13.4. The number of carbonyl (C=O) groups excluding carboxylic acids is 1. The van der Waals surface area contributed by atoms with E-state index in [0.717, 1.165) is 12.1 Å². The van der Waals surface area contributed by atoms with Crippen LogP contribution in [0.2, 0.25) is 0 Å². The lowest BCUT2D eigenvalue weighted by Crippen LogP contribution is -2.49. The normalized spacial score (nSPS) is 21.3. The molecule has 1 aromatic heterocycles. The fraction of sp³-hybridized carbons (Fsp3) is 0.733. The van der Waals surface area contributed by atoms with Crippen molar-refractivity contribution in [3.05, 3.63) is 16.1 Å². The summed E-state index contributed by atoms with van der Waals surface area (Å²) in [4.78, 5) is 20.6. The van der Waals surface area contributed by atoms with E-state index in [4.69, 9.17) is 0 Å². The number of nitrogens with zero attached hydrogens (tertiary/aromatic N) is 2. The number of fused-ring (bicyclic) bond motifs is 1. The van der Waals surface area contributed by atoms with Crippen molar-refractivity contribution in [3.8, 4) is 0 Å². The molecule has 0 N–H and O–H groups in total. The first-order valence-electron chi connectivity index (χ1n) is 6.83. The molecule has 0 radical (unpaired) electrons. The lowest BCUT2D eigenvalue weighted by atomic mass is 9.77. The van der Waals surface area contributed by atoms with Crippen molar-refractivity contribution < 1.29 is 4.79 Å². The molecule has 1 aromatic rings. The summed E-state index contributed by atoms with van der Waals surface area (Å²) in [5.41, 5.74) is 2.80. The smallest absolute Gasteiger partial charge is 0.227 e. The highest BCUT2D eigenvalue weighted by molar-refractivity contribution is 7.09. The van der Waals surface area contributed by atoms with Crippen LogP contribution in [0.5, 0.6) is 0 Å². The quantitative estimate of drug-likeness (QED) is 0.729. The molecule has 1 amide bonds. The number of amides is 1. The second-order valence-electron chi connectivity index (χ2n) is 7.44. The second-order valence-corrected chi connectivity index (χ2v) is 8.38. The summed E-state index contributed by atoms with van der Waals surface area (Å²) >= 11 is 1.68. The van der Waals surface area contributed by atoms with E-state index in [9.17, 15) is 4.79 Å². The second kappa shape index (κ2) is 4.58. The molecule has 19 heavy (non-hydrogen) atoms. The van der Waals surface area contributed by atoms with Gasteiger partial charge in [0.05, 0.1) is 17.7 Å². The molecule has 106 valence electrons. The average Bonchev–Trinajstić information content (AvgIpc) is 2.60. The number of hydrogen-bond donors (Lipinski definition) is 0. The van der Waals surface area contributed by atoms with Gasteiger partial charge in [0, 0.05) is 16.3 Å². The molecule has 2 heterocycles. The summed E-state index contributed by atoms with van der Waals surface area (Å²) in [6, 6.07) is 0. The molecular formula is C15H24N2OS. The molecule has 0 aliphatic carbocycles. The third-order valence-corrected chi connectivity index (χ3v) is 4.74. The van der Waals surface area contributed by atoms with Crippen LogP contribution >= 0.6 is 11.3 Å². The number of thiazole rings is 1. The molecule has 0 aromatic carbocycles. The minimum atomic E-state index is -0.161. The van der Waals surface area contributed by atoms with E-state index in [1.54, 1.807) is 11.3 Å². The van der Waals surface area contributed by atoms with Gasteiger partial charge in [0.1, 0.15) is 0 Å². The zero-order valence-corrected chi connectivity index (χ0v) is 13.6. The van der Waals surface area contributed by atoms with Gasteiger partial charge in [-0.3, -0.25) is 4.79 Å². The maximum absolute atomic E-state index is 12.9. The molecule has 4 heteroatoms.